The van der Waals surface area contributed by atoms with Crippen LogP contribution in [0.4, 0.5) is 4.79 Å². The molecule has 37 heavy (non-hydrogen) atoms. The molecule has 0 radical (unpaired) electrons. The summed E-state index contributed by atoms with van der Waals surface area (Å²) in [6.45, 7) is 3.92. The lowest BCUT2D eigenvalue weighted by Gasteiger charge is -2.16. The number of fused-ring (bicyclic) bond motifs is 3. The number of benzene rings is 2. The smallest absolute Gasteiger partial charge is 0.407 e. The van der Waals surface area contributed by atoms with E-state index in [9.17, 15) is 14.4 Å². The van der Waals surface area contributed by atoms with Crippen molar-refractivity contribution in [3.8, 4) is 11.1 Å². The number of aromatic nitrogens is 2. The quantitative estimate of drug-likeness (QED) is 0.349. The number of carbonyl (C=O) groups is 3. The van der Waals surface area contributed by atoms with Gasteiger partial charge in [-0.3, -0.25) is 9.59 Å². The first kappa shape index (κ1) is 26.1. The van der Waals surface area contributed by atoms with Gasteiger partial charge in [0, 0.05) is 18.9 Å². The highest BCUT2D eigenvalue weighted by atomic mass is 16.5. The van der Waals surface area contributed by atoms with Gasteiger partial charge in [0.05, 0.1) is 6.42 Å². The number of Topliss-reactive ketones (excluding diaryl/α,β-unsaturated/α-hetero) is 1. The van der Waals surface area contributed by atoms with Crippen molar-refractivity contribution in [1.29, 1.82) is 0 Å². The van der Waals surface area contributed by atoms with Crippen LogP contribution in [-0.4, -0.2) is 41.1 Å². The molecule has 0 saturated heterocycles. The second kappa shape index (κ2) is 12.3. The highest BCUT2D eigenvalue weighted by molar-refractivity contribution is 5.79. The zero-order valence-electron chi connectivity index (χ0n) is 21.2. The van der Waals surface area contributed by atoms with Crippen molar-refractivity contribution in [3.05, 3.63) is 71.4 Å². The van der Waals surface area contributed by atoms with E-state index in [4.69, 9.17) is 9.15 Å². The van der Waals surface area contributed by atoms with Crippen molar-refractivity contribution < 1.29 is 23.5 Å². The molecule has 1 aliphatic carbocycles. The zero-order chi connectivity index (χ0) is 26.2. The normalized spacial score (nSPS) is 12.9. The van der Waals surface area contributed by atoms with E-state index in [1.807, 2.05) is 24.3 Å². The zero-order valence-corrected chi connectivity index (χ0v) is 21.2. The topological polar surface area (TPSA) is 123 Å². The van der Waals surface area contributed by atoms with E-state index in [2.05, 4.69) is 45.1 Å². The number of hydrogen-bond acceptors (Lipinski definition) is 7. The van der Waals surface area contributed by atoms with Crippen LogP contribution in [0, 0.1) is 0 Å². The SMILES string of the molecule is CCC(=O)NC(CCCCNC(=O)OCC1c2ccccc2-c2ccccc21)c1nnc(CC(C)=O)o1. The number of nitrogens with one attached hydrogen (secondary N) is 2. The Bertz CT molecular complexity index is 1210. The van der Waals surface area contributed by atoms with Crippen molar-refractivity contribution in [3.63, 3.8) is 0 Å². The molecule has 0 spiro atoms. The number of amides is 2. The average molecular weight is 505 g/mol. The van der Waals surface area contributed by atoms with Crippen molar-refractivity contribution in [1.82, 2.24) is 20.8 Å². The van der Waals surface area contributed by atoms with Crippen LogP contribution in [0.5, 0.6) is 0 Å². The van der Waals surface area contributed by atoms with Gasteiger partial charge in [0.15, 0.2) is 0 Å². The number of hydrogen-bond donors (Lipinski definition) is 2. The molecule has 2 N–H and O–H groups in total. The number of ether oxygens (including phenoxy) is 1. The number of rotatable bonds is 12. The third kappa shape index (κ3) is 6.61. The molecule has 0 bridgehead atoms. The Balaban J connectivity index is 1.23. The highest BCUT2D eigenvalue weighted by Crippen LogP contribution is 2.44. The first-order chi connectivity index (χ1) is 18.0. The van der Waals surface area contributed by atoms with Crippen molar-refractivity contribution in [2.45, 2.75) is 57.9 Å². The van der Waals surface area contributed by atoms with Gasteiger partial charge in [0.2, 0.25) is 17.7 Å². The number of unbranched alkanes of at least 4 members (excludes halogenated alkanes) is 1. The van der Waals surface area contributed by atoms with Gasteiger partial charge < -0.3 is 19.8 Å². The van der Waals surface area contributed by atoms with Crippen LogP contribution in [0.25, 0.3) is 11.1 Å². The van der Waals surface area contributed by atoms with E-state index in [-0.39, 0.29) is 42.4 Å². The molecule has 0 fully saturated rings. The van der Waals surface area contributed by atoms with Crippen LogP contribution in [-0.2, 0) is 20.7 Å². The molecule has 9 nitrogen and oxygen atoms in total. The molecule has 1 atom stereocenters. The molecule has 1 unspecified atom stereocenters. The van der Waals surface area contributed by atoms with Gasteiger partial charge in [-0.2, -0.15) is 0 Å². The minimum atomic E-state index is -0.455. The molecule has 0 aliphatic heterocycles. The van der Waals surface area contributed by atoms with E-state index in [0.717, 1.165) is 0 Å². The van der Waals surface area contributed by atoms with Gasteiger partial charge in [0.1, 0.15) is 18.4 Å². The molecule has 1 heterocycles. The lowest BCUT2D eigenvalue weighted by Crippen LogP contribution is -2.29. The lowest BCUT2D eigenvalue weighted by molar-refractivity contribution is -0.122. The molecule has 4 rings (SSSR count). The van der Waals surface area contributed by atoms with Crippen molar-refractivity contribution in [2.24, 2.45) is 0 Å². The monoisotopic (exact) mass is 504 g/mol. The fraction of sp³-hybridized carbons (Fsp3) is 0.393. The van der Waals surface area contributed by atoms with E-state index in [1.165, 1.54) is 29.2 Å². The Hall–Kier alpha value is -4.01. The standard InChI is InChI=1S/C28H32N4O5/c1-3-25(34)30-24(27-32-31-26(37-27)16-18(2)33)14-8-9-15-29-28(35)36-17-23-21-12-6-4-10-19(21)20-11-5-7-13-22(20)23/h4-7,10-13,23-24H,3,8-9,14-17H2,1-2H3,(H,29,35)(H,30,34). The number of ketones is 1. The first-order valence-electron chi connectivity index (χ1n) is 12.7. The van der Waals surface area contributed by atoms with Gasteiger partial charge in [-0.25, -0.2) is 4.79 Å². The fourth-order valence-electron chi connectivity index (χ4n) is 4.56. The maximum absolute atomic E-state index is 12.4. The van der Waals surface area contributed by atoms with E-state index in [1.54, 1.807) is 6.92 Å². The summed E-state index contributed by atoms with van der Waals surface area (Å²) in [6, 6.07) is 16.0. The second-order valence-electron chi connectivity index (χ2n) is 9.13. The Morgan fingerprint density at radius 1 is 1.00 bits per heavy atom. The summed E-state index contributed by atoms with van der Waals surface area (Å²) in [7, 11) is 0. The number of carbonyl (C=O) groups excluding carboxylic acids is 3. The molecule has 2 aromatic carbocycles. The fourth-order valence-corrected chi connectivity index (χ4v) is 4.56. The average Bonchev–Trinajstić information content (AvgIpc) is 3.48. The maximum atomic E-state index is 12.4. The van der Waals surface area contributed by atoms with Crippen LogP contribution in [0.1, 0.15) is 74.4 Å². The summed E-state index contributed by atoms with van der Waals surface area (Å²) in [6.07, 6.45) is 1.86. The summed E-state index contributed by atoms with van der Waals surface area (Å²) in [4.78, 5) is 35.6. The summed E-state index contributed by atoms with van der Waals surface area (Å²) in [5.74, 6) is 0.317. The largest absolute Gasteiger partial charge is 0.449 e. The van der Waals surface area contributed by atoms with Crippen LogP contribution in [0.3, 0.4) is 0 Å². The van der Waals surface area contributed by atoms with E-state index < -0.39 is 12.1 Å². The van der Waals surface area contributed by atoms with Gasteiger partial charge in [-0.05, 0) is 48.4 Å². The molecule has 2 amide bonds. The van der Waals surface area contributed by atoms with Crippen LogP contribution < -0.4 is 10.6 Å². The Morgan fingerprint density at radius 3 is 2.32 bits per heavy atom. The summed E-state index contributed by atoms with van der Waals surface area (Å²) in [5, 5.41) is 13.6. The predicted molar refractivity (Wildman–Crippen MR) is 137 cm³/mol. The third-order valence-corrected chi connectivity index (χ3v) is 6.37. The predicted octanol–water partition coefficient (Wildman–Crippen LogP) is 4.48. The Morgan fingerprint density at radius 2 is 1.68 bits per heavy atom. The second-order valence-corrected chi connectivity index (χ2v) is 9.13. The highest BCUT2D eigenvalue weighted by Gasteiger charge is 2.29. The van der Waals surface area contributed by atoms with Crippen molar-refractivity contribution >= 4 is 17.8 Å². The maximum Gasteiger partial charge on any atom is 0.407 e. The van der Waals surface area contributed by atoms with Crippen LogP contribution >= 0.6 is 0 Å². The minimum Gasteiger partial charge on any atom is -0.449 e. The minimum absolute atomic E-state index is 0.0170. The number of alkyl carbamates (subject to hydrolysis) is 1. The third-order valence-electron chi connectivity index (χ3n) is 6.37. The molecule has 194 valence electrons. The van der Waals surface area contributed by atoms with Gasteiger partial charge in [-0.15, -0.1) is 10.2 Å². The molecular weight excluding hydrogens is 472 g/mol. The molecule has 1 aromatic heterocycles. The Labute approximate surface area is 216 Å². The molecule has 3 aromatic rings. The summed E-state index contributed by atoms with van der Waals surface area (Å²) < 4.78 is 11.2. The molecular formula is C28H32N4O5. The van der Waals surface area contributed by atoms with Crippen molar-refractivity contribution in [2.75, 3.05) is 13.2 Å². The first-order valence-corrected chi connectivity index (χ1v) is 12.7. The molecule has 1 aliphatic rings. The van der Waals surface area contributed by atoms with Crippen LogP contribution in [0.15, 0.2) is 52.9 Å². The Kier molecular flexibility index (Phi) is 8.66. The van der Waals surface area contributed by atoms with Gasteiger partial charge in [0.25, 0.3) is 0 Å². The van der Waals surface area contributed by atoms with E-state index >= 15 is 0 Å². The lowest BCUT2D eigenvalue weighted by atomic mass is 9.98. The molecule has 9 heteroatoms. The van der Waals surface area contributed by atoms with Gasteiger partial charge >= 0.3 is 6.09 Å². The summed E-state index contributed by atoms with van der Waals surface area (Å²) in [5.41, 5.74) is 4.71. The van der Waals surface area contributed by atoms with Gasteiger partial charge in [-0.1, -0.05) is 55.5 Å². The number of nitrogens with zero attached hydrogens (tertiary/aromatic N) is 2. The molecule has 0 saturated carbocycles. The summed E-state index contributed by atoms with van der Waals surface area (Å²) >= 11 is 0. The van der Waals surface area contributed by atoms with E-state index in [0.29, 0.717) is 32.2 Å². The van der Waals surface area contributed by atoms with Crippen LogP contribution in [0.2, 0.25) is 0 Å².